The van der Waals surface area contributed by atoms with E-state index in [1.54, 1.807) is 18.2 Å². The van der Waals surface area contributed by atoms with Gasteiger partial charge in [-0.2, -0.15) is 0 Å². The van der Waals surface area contributed by atoms with E-state index in [1.807, 2.05) is 40.7 Å². The Balaban J connectivity index is 1.32. The van der Waals surface area contributed by atoms with Crippen LogP contribution < -0.4 is 0 Å². The molecule has 0 saturated carbocycles. The number of pyridine rings is 1. The number of piperidine rings is 1. The van der Waals surface area contributed by atoms with Crippen LogP contribution >= 0.6 is 0 Å². The Bertz CT molecular complexity index is 906. The minimum absolute atomic E-state index is 0.0375. The third kappa shape index (κ3) is 4.13. The van der Waals surface area contributed by atoms with E-state index < -0.39 is 5.60 Å². The monoisotopic (exact) mass is 415 g/mol. The second-order valence-electron chi connectivity index (χ2n) is 8.13. The summed E-state index contributed by atoms with van der Waals surface area (Å²) >= 11 is 0. The van der Waals surface area contributed by atoms with Crippen molar-refractivity contribution in [3.05, 3.63) is 36.3 Å². The van der Waals surface area contributed by atoms with Crippen molar-refractivity contribution in [3.8, 4) is 0 Å². The number of rotatable bonds is 7. The minimum atomic E-state index is -0.488. The molecule has 4 rings (SSSR count). The van der Waals surface area contributed by atoms with Crippen molar-refractivity contribution in [3.63, 3.8) is 0 Å². The Labute approximate surface area is 176 Å². The van der Waals surface area contributed by atoms with Crippen LogP contribution in [0.1, 0.15) is 23.3 Å². The standard InChI is InChI=1S/C21H29N5O4/c1-23(13-14-29-2)11-12-25-16-21(30-20(25)28)6-9-24(10-7-21)19(27)17-15-22-18-5-3-4-8-26(17)18/h3-5,8,15H,6-7,9-14,16H2,1-2H3. The summed E-state index contributed by atoms with van der Waals surface area (Å²) in [5, 5.41) is 0. The summed E-state index contributed by atoms with van der Waals surface area (Å²) in [4.78, 5) is 35.5. The number of likely N-dealkylation sites (N-methyl/N-ethyl adjacent to an activating group) is 1. The minimum Gasteiger partial charge on any atom is -0.441 e. The van der Waals surface area contributed by atoms with E-state index >= 15 is 0 Å². The van der Waals surface area contributed by atoms with Crippen LogP contribution in [0.15, 0.2) is 30.6 Å². The zero-order valence-corrected chi connectivity index (χ0v) is 17.6. The summed E-state index contributed by atoms with van der Waals surface area (Å²) in [6.45, 7) is 4.61. The van der Waals surface area contributed by atoms with E-state index in [-0.39, 0.29) is 12.0 Å². The van der Waals surface area contributed by atoms with Gasteiger partial charge in [0.1, 0.15) is 16.9 Å². The molecule has 0 atom stereocenters. The quantitative estimate of drug-likeness (QED) is 0.679. The Morgan fingerprint density at radius 1 is 1.30 bits per heavy atom. The number of hydrogen-bond donors (Lipinski definition) is 0. The number of carbonyl (C=O) groups excluding carboxylic acids is 2. The van der Waals surface area contributed by atoms with Crippen molar-refractivity contribution >= 4 is 17.6 Å². The van der Waals surface area contributed by atoms with Gasteiger partial charge in [-0.05, 0) is 19.2 Å². The van der Waals surface area contributed by atoms with E-state index in [1.165, 1.54) is 0 Å². The highest BCUT2D eigenvalue weighted by atomic mass is 16.6. The van der Waals surface area contributed by atoms with Crippen molar-refractivity contribution in [2.75, 3.05) is 60.0 Å². The molecule has 0 aromatic carbocycles. The molecule has 9 heteroatoms. The molecule has 4 heterocycles. The first kappa shape index (κ1) is 20.6. The van der Waals surface area contributed by atoms with Crippen molar-refractivity contribution in [1.29, 1.82) is 0 Å². The Kier molecular flexibility index (Phi) is 5.92. The van der Waals surface area contributed by atoms with Gasteiger partial charge in [0.05, 0.1) is 19.3 Å². The lowest BCUT2D eigenvalue weighted by Crippen LogP contribution is -2.49. The van der Waals surface area contributed by atoms with Gasteiger partial charge in [-0.3, -0.25) is 9.20 Å². The van der Waals surface area contributed by atoms with Crippen LogP contribution in [0.3, 0.4) is 0 Å². The highest BCUT2D eigenvalue weighted by Gasteiger charge is 2.47. The molecule has 0 unspecified atom stereocenters. The highest BCUT2D eigenvalue weighted by molar-refractivity contribution is 5.93. The second kappa shape index (κ2) is 8.61. The zero-order valence-electron chi connectivity index (χ0n) is 17.6. The first-order chi connectivity index (χ1) is 14.5. The normalized spacial score (nSPS) is 18.6. The van der Waals surface area contributed by atoms with Gasteiger partial charge >= 0.3 is 6.09 Å². The molecule has 2 aliphatic rings. The molecular weight excluding hydrogens is 386 g/mol. The van der Waals surface area contributed by atoms with Crippen LogP contribution in [-0.4, -0.2) is 102 Å². The Hall–Kier alpha value is -2.65. The molecule has 162 valence electrons. The molecule has 0 bridgehead atoms. The smallest absolute Gasteiger partial charge is 0.410 e. The SMILES string of the molecule is COCCN(C)CCN1CC2(CCN(C(=O)c3cnc4ccccn34)CC2)OC1=O. The maximum absolute atomic E-state index is 13.0. The third-order valence-electron chi connectivity index (χ3n) is 6.07. The number of fused-ring (bicyclic) bond motifs is 1. The molecule has 2 amide bonds. The predicted octanol–water partition coefficient (Wildman–Crippen LogP) is 1.34. The van der Waals surface area contributed by atoms with E-state index in [0.29, 0.717) is 51.3 Å². The van der Waals surface area contributed by atoms with Crippen LogP contribution in [-0.2, 0) is 9.47 Å². The van der Waals surface area contributed by atoms with Crippen molar-refractivity contribution < 1.29 is 19.1 Å². The van der Waals surface area contributed by atoms with E-state index in [4.69, 9.17) is 9.47 Å². The summed E-state index contributed by atoms with van der Waals surface area (Å²) in [5.74, 6) is -0.0375. The largest absolute Gasteiger partial charge is 0.441 e. The number of aromatic nitrogens is 2. The van der Waals surface area contributed by atoms with Gasteiger partial charge < -0.3 is 24.2 Å². The fourth-order valence-corrected chi connectivity index (χ4v) is 4.15. The van der Waals surface area contributed by atoms with E-state index in [2.05, 4.69) is 9.88 Å². The summed E-state index contributed by atoms with van der Waals surface area (Å²) in [7, 11) is 3.70. The van der Waals surface area contributed by atoms with Gasteiger partial charge in [0.15, 0.2) is 0 Å². The molecule has 2 aromatic heterocycles. The average Bonchev–Trinajstić information content (AvgIpc) is 3.32. The topological polar surface area (TPSA) is 79.6 Å². The van der Waals surface area contributed by atoms with Crippen LogP contribution in [0.5, 0.6) is 0 Å². The summed E-state index contributed by atoms with van der Waals surface area (Å²) in [5.41, 5.74) is 0.828. The fraction of sp³-hybridized carbons (Fsp3) is 0.571. The molecule has 2 aromatic rings. The lowest BCUT2D eigenvalue weighted by molar-refractivity contribution is 0.00293. The Morgan fingerprint density at radius 2 is 2.10 bits per heavy atom. The van der Waals surface area contributed by atoms with Crippen molar-refractivity contribution in [1.82, 2.24) is 24.1 Å². The molecule has 0 N–H and O–H groups in total. The molecular formula is C21H29N5O4. The van der Waals surface area contributed by atoms with Crippen LogP contribution in [0, 0.1) is 0 Å². The number of ether oxygens (including phenoxy) is 2. The van der Waals surface area contributed by atoms with Crippen LogP contribution in [0.2, 0.25) is 0 Å². The number of methoxy groups -OCH3 is 1. The zero-order chi connectivity index (χ0) is 21.1. The van der Waals surface area contributed by atoms with Gasteiger partial charge in [0, 0.05) is 58.9 Å². The average molecular weight is 415 g/mol. The van der Waals surface area contributed by atoms with Gasteiger partial charge in [-0.1, -0.05) is 6.07 Å². The molecule has 1 spiro atoms. The molecule has 2 fully saturated rings. The first-order valence-electron chi connectivity index (χ1n) is 10.4. The number of carbonyl (C=O) groups is 2. The summed E-state index contributed by atoms with van der Waals surface area (Å²) in [6, 6.07) is 5.66. The van der Waals surface area contributed by atoms with Gasteiger partial charge in [0.2, 0.25) is 0 Å². The molecule has 2 saturated heterocycles. The van der Waals surface area contributed by atoms with Gasteiger partial charge in [-0.15, -0.1) is 0 Å². The number of imidazole rings is 1. The highest BCUT2D eigenvalue weighted by Crippen LogP contribution is 2.33. The van der Waals surface area contributed by atoms with E-state index in [9.17, 15) is 9.59 Å². The molecule has 0 radical (unpaired) electrons. The molecule has 30 heavy (non-hydrogen) atoms. The second-order valence-corrected chi connectivity index (χ2v) is 8.13. The fourth-order valence-electron chi connectivity index (χ4n) is 4.15. The maximum Gasteiger partial charge on any atom is 0.410 e. The van der Waals surface area contributed by atoms with E-state index in [0.717, 1.165) is 18.7 Å². The number of amides is 2. The molecule has 9 nitrogen and oxygen atoms in total. The number of likely N-dealkylation sites (tertiary alicyclic amines) is 1. The number of hydrogen-bond acceptors (Lipinski definition) is 6. The third-order valence-corrected chi connectivity index (χ3v) is 6.07. The van der Waals surface area contributed by atoms with Crippen LogP contribution in [0.4, 0.5) is 4.79 Å². The maximum atomic E-state index is 13.0. The van der Waals surface area contributed by atoms with Gasteiger partial charge in [0.25, 0.3) is 5.91 Å². The van der Waals surface area contributed by atoms with Gasteiger partial charge in [-0.25, -0.2) is 9.78 Å². The predicted molar refractivity (Wildman–Crippen MR) is 110 cm³/mol. The van der Waals surface area contributed by atoms with Crippen molar-refractivity contribution in [2.24, 2.45) is 0 Å². The lowest BCUT2D eigenvalue weighted by atomic mass is 9.91. The number of nitrogens with zero attached hydrogens (tertiary/aromatic N) is 5. The summed E-state index contributed by atoms with van der Waals surface area (Å²) in [6.07, 6.45) is 4.52. The summed E-state index contributed by atoms with van der Waals surface area (Å²) < 4.78 is 12.7. The first-order valence-corrected chi connectivity index (χ1v) is 10.4. The molecule has 2 aliphatic heterocycles. The lowest BCUT2D eigenvalue weighted by Gasteiger charge is -2.37. The van der Waals surface area contributed by atoms with Crippen molar-refractivity contribution in [2.45, 2.75) is 18.4 Å². The molecule has 0 aliphatic carbocycles. The van der Waals surface area contributed by atoms with Crippen LogP contribution in [0.25, 0.3) is 5.65 Å². The Morgan fingerprint density at radius 3 is 2.87 bits per heavy atom.